The first kappa shape index (κ1) is 11.4. The standard InChI is InChI=1S/C7H14N2O4S/c8-14(12,13)9-6-3-1-5(2-4-6)7(10)11/h5-6,9H,1-4H2,(H,10,11)(H2,8,12,13). The first-order chi connectivity index (χ1) is 6.38. The summed E-state index contributed by atoms with van der Waals surface area (Å²) in [7, 11) is -3.66. The van der Waals surface area contributed by atoms with Crippen LogP contribution in [-0.2, 0) is 15.0 Å². The molecule has 0 spiro atoms. The van der Waals surface area contributed by atoms with Gasteiger partial charge in [0, 0.05) is 6.04 Å². The van der Waals surface area contributed by atoms with E-state index in [1.54, 1.807) is 0 Å². The van der Waals surface area contributed by atoms with Crippen LogP contribution in [0.4, 0.5) is 0 Å². The number of carboxylic acids is 1. The second-order valence-corrected chi connectivity index (χ2v) is 4.88. The van der Waals surface area contributed by atoms with E-state index in [-0.39, 0.29) is 12.0 Å². The predicted octanol–water partition coefficient (Wildman–Crippen LogP) is -0.577. The third kappa shape index (κ3) is 3.60. The van der Waals surface area contributed by atoms with E-state index in [0.29, 0.717) is 25.7 Å². The highest BCUT2D eigenvalue weighted by atomic mass is 32.2. The van der Waals surface area contributed by atoms with Crippen molar-refractivity contribution in [2.75, 3.05) is 0 Å². The molecule has 0 bridgehead atoms. The number of hydrogen-bond acceptors (Lipinski definition) is 3. The molecule has 1 rings (SSSR count). The normalized spacial score (nSPS) is 28.6. The van der Waals surface area contributed by atoms with E-state index in [1.165, 1.54) is 0 Å². The Kier molecular flexibility index (Phi) is 3.46. The highest BCUT2D eigenvalue weighted by Crippen LogP contribution is 2.24. The zero-order chi connectivity index (χ0) is 10.8. The summed E-state index contributed by atoms with van der Waals surface area (Å²) in [5.74, 6) is -1.15. The fraction of sp³-hybridized carbons (Fsp3) is 0.857. The van der Waals surface area contributed by atoms with Crippen molar-refractivity contribution in [3.05, 3.63) is 0 Å². The summed E-state index contributed by atoms with van der Waals surface area (Å²) >= 11 is 0. The molecule has 1 fully saturated rings. The molecular formula is C7H14N2O4S. The monoisotopic (exact) mass is 222 g/mol. The van der Waals surface area contributed by atoms with E-state index < -0.39 is 16.2 Å². The average molecular weight is 222 g/mol. The van der Waals surface area contributed by atoms with Crippen molar-refractivity contribution in [3.8, 4) is 0 Å². The molecule has 6 nitrogen and oxygen atoms in total. The van der Waals surface area contributed by atoms with E-state index in [4.69, 9.17) is 10.2 Å². The van der Waals surface area contributed by atoms with Gasteiger partial charge in [-0.2, -0.15) is 13.1 Å². The Labute approximate surface area is 82.7 Å². The van der Waals surface area contributed by atoms with Gasteiger partial charge in [0.2, 0.25) is 0 Å². The van der Waals surface area contributed by atoms with Gasteiger partial charge < -0.3 is 5.11 Å². The summed E-state index contributed by atoms with van der Waals surface area (Å²) in [6, 6.07) is -0.208. The second-order valence-electron chi connectivity index (χ2n) is 3.55. The summed E-state index contributed by atoms with van der Waals surface area (Å²) in [4.78, 5) is 10.6. The van der Waals surface area contributed by atoms with Crippen molar-refractivity contribution in [1.82, 2.24) is 4.72 Å². The minimum atomic E-state index is -3.66. The fourth-order valence-corrected chi connectivity index (χ4v) is 2.39. The topological polar surface area (TPSA) is 109 Å². The molecule has 0 atom stereocenters. The smallest absolute Gasteiger partial charge is 0.306 e. The summed E-state index contributed by atoms with van der Waals surface area (Å²) in [6.07, 6.45) is 2.08. The van der Waals surface area contributed by atoms with Crippen LogP contribution in [0.25, 0.3) is 0 Å². The quantitative estimate of drug-likeness (QED) is 0.593. The van der Waals surface area contributed by atoms with Gasteiger partial charge in [-0.15, -0.1) is 0 Å². The van der Waals surface area contributed by atoms with E-state index in [2.05, 4.69) is 4.72 Å². The maximum atomic E-state index is 10.7. The molecule has 0 aromatic rings. The van der Waals surface area contributed by atoms with Crippen LogP contribution in [-0.4, -0.2) is 25.5 Å². The van der Waals surface area contributed by atoms with E-state index in [1.807, 2.05) is 0 Å². The lowest BCUT2D eigenvalue weighted by Crippen LogP contribution is -2.42. The van der Waals surface area contributed by atoms with Gasteiger partial charge in [-0.25, -0.2) is 5.14 Å². The van der Waals surface area contributed by atoms with Crippen molar-refractivity contribution >= 4 is 16.2 Å². The Balaban J connectivity index is 2.40. The lowest BCUT2D eigenvalue weighted by atomic mass is 9.87. The predicted molar refractivity (Wildman–Crippen MR) is 49.6 cm³/mol. The van der Waals surface area contributed by atoms with Gasteiger partial charge in [-0.05, 0) is 25.7 Å². The zero-order valence-corrected chi connectivity index (χ0v) is 8.46. The van der Waals surface area contributed by atoms with Crippen LogP contribution in [0.5, 0.6) is 0 Å². The van der Waals surface area contributed by atoms with Crippen molar-refractivity contribution in [2.45, 2.75) is 31.7 Å². The molecule has 0 radical (unpaired) electrons. The molecule has 0 aromatic carbocycles. The molecule has 14 heavy (non-hydrogen) atoms. The summed E-state index contributed by atoms with van der Waals surface area (Å²) in [5, 5.41) is 13.5. The first-order valence-electron chi connectivity index (χ1n) is 4.41. The Morgan fingerprint density at radius 1 is 1.29 bits per heavy atom. The third-order valence-corrected chi connectivity index (χ3v) is 3.07. The van der Waals surface area contributed by atoms with Gasteiger partial charge in [0.1, 0.15) is 0 Å². The van der Waals surface area contributed by atoms with E-state index in [9.17, 15) is 13.2 Å². The van der Waals surface area contributed by atoms with Crippen molar-refractivity contribution < 1.29 is 18.3 Å². The van der Waals surface area contributed by atoms with Crippen LogP contribution in [0.3, 0.4) is 0 Å². The molecule has 0 saturated heterocycles. The zero-order valence-electron chi connectivity index (χ0n) is 7.64. The number of hydrogen-bond donors (Lipinski definition) is 3. The number of carbonyl (C=O) groups is 1. The lowest BCUT2D eigenvalue weighted by Gasteiger charge is -2.25. The second kappa shape index (κ2) is 4.24. The van der Waals surface area contributed by atoms with Crippen molar-refractivity contribution in [1.29, 1.82) is 0 Å². The molecule has 1 aliphatic carbocycles. The molecule has 7 heteroatoms. The SMILES string of the molecule is NS(=O)(=O)NC1CCC(C(=O)O)CC1. The largest absolute Gasteiger partial charge is 0.481 e. The summed E-state index contributed by atoms with van der Waals surface area (Å²) < 4.78 is 23.6. The number of aliphatic carboxylic acids is 1. The van der Waals surface area contributed by atoms with Crippen molar-refractivity contribution in [2.24, 2.45) is 11.1 Å². The number of nitrogens with two attached hydrogens (primary N) is 1. The summed E-state index contributed by atoms with van der Waals surface area (Å²) in [6.45, 7) is 0. The minimum Gasteiger partial charge on any atom is -0.481 e. The maximum absolute atomic E-state index is 10.7. The first-order valence-corrected chi connectivity index (χ1v) is 5.96. The van der Waals surface area contributed by atoms with Gasteiger partial charge >= 0.3 is 5.97 Å². The van der Waals surface area contributed by atoms with Crippen LogP contribution in [0.2, 0.25) is 0 Å². The van der Waals surface area contributed by atoms with Crippen LogP contribution in [0.15, 0.2) is 0 Å². The molecule has 0 aromatic heterocycles. The van der Waals surface area contributed by atoms with Gasteiger partial charge in [0.05, 0.1) is 5.92 Å². The van der Waals surface area contributed by atoms with Crippen LogP contribution in [0, 0.1) is 5.92 Å². The van der Waals surface area contributed by atoms with Gasteiger partial charge in [0.25, 0.3) is 10.2 Å². The molecule has 4 N–H and O–H groups in total. The summed E-state index contributed by atoms with van der Waals surface area (Å²) in [5.41, 5.74) is 0. The highest BCUT2D eigenvalue weighted by molar-refractivity contribution is 7.87. The molecule has 1 aliphatic rings. The Hall–Kier alpha value is -0.660. The maximum Gasteiger partial charge on any atom is 0.306 e. The molecular weight excluding hydrogens is 208 g/mol. The Morgan fingerprint density at radius 3 is 2.14 bits per heavy atom. The third-order valence-electron chi connectivity index (χ3n) is 2.41. The minimum absolute atomic E-state index is 0.208. The number of nitrogens with one attached hydrogen (secondary N) is 1. The van der Waals surface area contributed by atoms with E-state index >= 15 is 0 Å². The average Bonchev–Trinajstić information content (AvgIpc) is 2.02. The van der Waals surface area contributed by atoms with Crippen LogP contribution in [0.1, 0.15) is 25.7 Å². The van der Waals surface area contributed by atoms with Crippen LogP contribution < -0.4 is 9.86 Å². The van der Waals surface area contributed by atoms with E-state index in [0.717, 1.165) is 0 Å². The van der Waals surface area contributed by atoms with Gasteiger partial charge in [-0.1, -0.05) is 0 Å². The molecule has 0 unspecified atom stereocenters. The fourth-order valence-electron chi connectivity index (χ4n) is 1.69. The van der Waals surface area contributed by atoms with Crippen molar-refractivity contribution in [3.63, 3.8) is 0 Å². The molecule has 1 saturated carbocycles. The molecule has 0 aliphatic heterocycles. The number of rotatable bonds is 3. The molecule has 0 amide bonds. The number of carboxylic acid groups (broad SMARTS) is 1. The molecule has 0 heterocycles. The Bertz CT molecular complexity index is 306. The lowest BCUT2D eigenvalue weighted by molar-refractivity contribution is -0.142. The van der Waals surface area contributed by atoms with Gasteiger partial charge in [0.15, 0.2) is 0 Å². The highest BCUT2D eigenvalue weighted by Gasteiger charge is 2.27. The molecule has 82 valence electrons. The van der Waals surface area contributed by atoms with Gasteiger partial charge in [-0.3, -0.25) is 4.79 Å². The Morgan fingerprint density at radius 2 is 1.79 bits per heavy atom. The van der Waals surface area contributed by atoms with Crippen LogP contribution >= 0.6 is 0 Å².